The summed E-state index contributed by atoms with van der Waals surface area (Å²) in [7, 11) is 4.95. The average Bonchev–Trinajstić information content (AvgIpc) is 3.51. The number of halogens is 1. The van der Waals surface area contributed by atoms with Crippen LogP contribution in [0.5, 0.6) is 0 Å². The van der Waals surface area contributed by atoms with Crippen LogP contribution in [0.2, 0.25) is 0 Å². The van der Waals surface area contributed by atoms with Gasteiger partial charge in [0.05, 0.1) is 17.5 Å². The van der Waals surface area contributed by atoms with Crippen LogP contribution in [0.25, 0.3) is 0 Å². The molecule has 0 aromatic heterocycles. The van der Waals surface area contributed by atoms with Gasteiger partial charge >= 0.3 is 0 Å². The summed E-state index contributed by atoms with van der Waals surface area (Å²) in [6.45, 7) is 5.27. The number of nitrogens with one attached hydrogen (secondary N) is 6. The number of methoxy groups -OCH3 is 3. The van der Waals surface area contributed by atoms with Gasteiger partial charge in [-0.2, -0.15) is 0 Å². The van der Waals surface area contributed by atoms with Crippen LogP contribution in [0, 0.1) is 17.8 Å². The highest BCUT2D eigenvalue weighted by Crippen LogP contribution is 2.38. The number of piperidine rings is 2. The molecule has 0 saturated carbocycles. The fourth-order valence-corrected chi connectivity index (χ4v) is 8.60. The largest absolute Gasteiger partial charge is 0.380 e. The van der Waals surface area contributed by atoms with Crippen molar-refractivity contribution in [1.82, 2.24) is 36.8 Å². The predicted molar refractivity (Wildman–Crippen MR) is 149 cm³/mol. The average molecular weight is 590 g/mol. The Morgan fingerprint density at radius 3 is 2.49 bits per heavy atom. The van der Waals surface area contributed by atoms with Gasteiger partial charge in [-0.3, -0.25) is 30.9 Å². The van der Waals surface area contributed by atoms with Crippen LogP contribution in [-0.4, -0.2) is 124 Å². The van der Waals surface area contributed by atoms with Gasteiger partial charge in [0.25, 0.3) is 0 Å². The third-order valence-electron chi connectivity index (χ3n) is 9.02. The van der Waals surface area contributed by atoms with E-state index in [4.69, 9.17) is 25.8 Å². The highest BCUT2D eigenvalue weighted by Gasteiger charge is 2.48. The zero-order valence-corrected chi connectivity index (χ0v) is 24.7. The summed E-state index contributed by atoms with van der Waals surface area (Å²) < 4.78 is 16.7. The minimum atomic E-state index is -0.475. The lowest BCUT2D eigenvalue weighted by Crippen LogP contribution is -2.66. The van der Waals surface area contributed by atoms with E-state index < -0.39 is 12.3 Å². The lowest BCUT2D eigenvalue weighted by atomic mass is 9.70. The number of rotatable bonds is 7. The van der Waals surface area contributed by atoms with Crippen LogP contribution >= 0.6 is 23.4 Å². The molecule has 222 valence electrons. The topological polar surface area (TPSA) is 137 Å². The molecule has 5 heterocycles. The maximum Gasteiger partial charge on any atom is 0.243 e. The molecule has 2 amide bonds. The molecule has 6 N–H and O–H groups in total. The Hall–Kier alpha value is -0.740. The zero-order chi connectivity index (χ0) is 27.7. The summed E-state index contributed by atoms with van der Waals surface area (Å²) in [4.78, 5) is 28.8. The first-order valence-corrected chi connectivity index (χ1v) is 15.4. The molecule has 0 aliphatic carbocycles. The van der Waals surface area contributed by atoms with Gasteiger partial charge in [0.1, 0.15) is 24.0 Å². The normalized spacial score (nSPS) is 44.7. The molecule has 12 nitrogen and oxygen atoms in total. The van der Waals surface area contributed by atoms with Crippen molar-refractivity contribution in [2.24, 2.45) is 17.8 Å². The molecular weight excluding hydrogens is 546 g/mol. The molecule has 0 bridgehead atoms. The van der Waals surface area contributed by atoms with Gasteiger partial charge in [-0.1, -0.05) is 0 Å². The molecule has 5 aliphatic rings. The van der Waals surface area contributed by atoms with Gasteiger partial charge in [0, 0.05) is 71.4 Å². The number of fused-ring (bicyclic) bond motifs is 1. The maximum atomic E-state index is 13.6. The van der Waals surface area contributed by atoms with Crippen molar-refractivity contribution in [1.29, 1.82) is 0 Å². The number of piperazine rings is 1. The standard InChI is InChI=1S/C25H44ClN7O5S/c1-12-5-13(14-6-19(26)28-8-17(14)36-2)15(7-27-12)22(34)32-25-30-16-10-33(11-18(16)39-25)24(35)21-23(38-4)31-20(37-3)9-29-21/h12-21,23,25,27-31H,5-11H2,1-4H3,(H,32,34). The van der Waals surface area contributed by atoms with Gasteiger partial charge in [0.15, 0.2) is 0 Å². The molecule has 0 aromatic rings. The molecule has 5 fully saturated rings. The third-order valence-corrected chi connectivity index (χ3v) is 10.7. The molecule has 5 rings (SSSR count). The van der Waals surface area contributed by atoms with Crippen molar-refractivity contribution < 1.29 is 23.8 Å². The Morgan fingerprint density at radius 2 is 1.77 bits per heavy atom. The lowest BCUT2D eigenvalue weighted by molar-refractivity contribution is -0.141. The van der Waals surface area contributed by atoms with Crippen LogP contribution in [0.3, 0.4) is 0 Å². The monoisotopic (exact) mass is 589 g/mol. The van der Waals surface area contributed by atoms with E-state index in [9.17, 15) is 9.59 Å². The molecule has 0 spiro atoms. The number of thioether (sulfide) groups is 1. The van der Waals surface area contributed by atoms with E-state index in [1.54, 1.807) is 33.1 Å². The molecule has 14 heteroatoms. The number of hydrogen-bond donors (Lipinski definition) is 6. The van der Waals surface area contributed by atoms with Crippen LogP contribution in [0.15, 0.2) is 0 Å². The summed E-state index contributed by atoms with van der Waals surface area (Å²) in [6, 6.07) is -0.0144. The van der Waals surface area contributed by atoms with Crippen molar-refractivity contribution in [3.05, 3.63) is 0 Å². The van der Waals surface area contributed by atoms with Gasteiger partial charge in [0.2, 0.25) is 11.8 Å². The van der Waals surface area contributed by atoms with Gasteiger partial charge < -0.3 is 29.7 Å². The predicted octanol–water partition coefficient (Wildman–Crippen LogP) is -1.39. The number of ether oxygens (including phenoxy) is 3. The van der Waals surface area contributed by atoms with Crippen molar-refractivity contribution in [2.45, 2.75) is 72.7 Å². The smallest absolute Gasteiger partial charge is 0.243 e. The first-order chi connectivity index (χ1) is 18.8. The Morgan fingerprint density at radius 1 is 0.949 bits per heavy atom. The van der Waals surface area contributed by atoms with E-state index in [1.165, 1.54) is 0 Å². The maximum absolute atomic E-state index is 13.6. The van der Waals surface area contributed by atoms with E-state index in [-0.39, 0.29) is 64.2 Å². The summed E-state index contributed by atoms with van der Waals surface area (Å²) >= 11 is 8.17. The van der Waals surface area contributed by atoms with Gasteiger partial charge in [-0.25, -0.2) is 0 Å². The highest BCUT2D eigenvalue weighted by molar-refractivity contribution is 8.00. The minimum Gasteiger partial charge on any atom is -0.380 e. The van der Waals surface area contributed by atoms with E-state index in [0.29, 0.717) is 38.8 Å². The number of carbonyl (C=O) groups excluding carboxylic acids is 2. The molecule has 12 unspecified atom stereocenters. The van der Waals surface area contributed by atoms with Crippen molar-refractivity contribution in [3.8, 4) is 0 Å². The van der Waals surface area contributed by atoms with E-state index in [2.05, 4.69) is 38.8 Å². The Labute approximate surface area is 240 Å². The van der Waals surface area contributed by atoms with Crippen molar-refractivity contribution >= 4 is 35.2 Å². The number of carbonyl (C=O) groups is 2. The molecular formula is C25H44ClN7O5S. The second kappa shape index (κ2) is 13.1. The van der Waals surface area contributed by atoms with Gasteiger partial charge in [-0.15, -0.1) is 23.4 Å². The van der Waals surface area contributed by atoms with Crippen molar-refractivity contribution in [2.75, 3.05) is 54.1 Å². The summed E-state index contributed by atoms with van der Waals surface area (Å²) in [6.07, 6.45) is 1.08. The third kappa shape index (κ3) is 6.52. The minimum absolute atomic E-state index is 0.0128. The molecule has 0 radical (unpaired) electrons. The van der Waals surface area contributed by atoms with E-state index in [1.807, 2.05) is 4.90 Å². The fraction of sp³-hybridized carbons (Fsp3) is 0.920. The Bertz CT molecular complexity index is 865. The lowest BCUT2D eigenvalue weighted by Gasteiger charge is -2.45. The number of nitrogens with zero attached hydrogens (tertiary/aromatic N) is 1. The summed E-state index contributed by atoms with van der Waals surface area (Å²) in [5.41, 5.74) is -0.284. The first-order valence-electron chi connectivity index (χ1n) is 14.0. The van der Waals surface area contributed by atoms with E-state index >= 15 is 0 Å². The summed E-state index contributed by atoms with van der Waals surface area (Å²) in [5, 5.41) is 20.3. The van der Waals surface area contributed by atoms with Crippen LogP contribution in [0.1, 0.15) is 19.8 Å². The molecule has 5 saturated heterocycles. The number of amides is 2. The van der Waals surface area contributed by atoms with Crippen LogP contribution in [0.4, 0.5) is 0 Å². The molecule has 5 aliphatic heterocycles. The van der Waals surface area contributed by atoms with Crippen LogP contribution in [-0.2, 0) is 23.8 Å². The highest BCUT2D eigenvalue weighted by atomic mass is 35.5. The Kier molecular flexibility index (Phi) is 9.96. The second-order valence-electron chi connectivity index (χ2n) is 11.4. The fourth-order valence-electron chi connectivity index (χ4n) is 6.89. The number of alkyl halides is 1. The zero-order valence-electron chi connectivity index (χ0n) is 23.2. The van der Waals surface area contributed by atoms with Gasteiger partial charge in [-0.05, 0) is 31.6 Å². The molecule has 0 aromatic carbocycles. The Balaban J connectivity index is 1.15. The number of likely N-dealkylation sites (tertiary alicyclic amines) is 1. The first kappa shape index (κ1) is 29.7. The molecule has 12 atom stereocenters. The quantitative estimate of drug-likeness (QED) is 0.155. The number of hydrogen-bond acceptors (Lipinski definition) is 11. The van der Waals surface area contributed by atoms with Crippen molar-refractivity contribution in [3.63, 3.8) is 0 Å². The molecule has 39 heavy (non-hydrogen) atoms. The second-order valence-corrected chi connectivity index (χ2v) is 13.3. The van der Waals surface area contributed by atoms with Crippen LogP contribution < -0.4 is 31.9 Å². The summed E-state index contributed by atoms with van der Waals surface area (Å²) in [5.74, 6) is 0.332. The van der Waals surface area contributed by atoms with E-state index in [0.717, 1.165) is 12.8 Å². The SMILES string of the molecule is COC1CNC(C(=O)N2CC3NC(NC(=O)C4CNC(C)CC4C4CC(Cl)NCC4OC)SC3C2)C(OC)N1.